The lowest BCUT2D eigenvalue weighted by Crippen LogP contribution is -2.29. The van der Waals surface area contributed by atoms with Crippen molar-refractivity contribution < 1.29 is 9.53 Å². The van der Waals surface area contributed by atoms with Gasteiger partial charge in [0.15, 0.2) is 0 Å². The number of carbonyl (C=O) groups is 1. The first-order valence-electron chi connectivity index (χ1n) is 6.28. The molecule has 0 bridgehead atoms. The molecule has 0 heterocycles. The van der Waals surface area contributed by atoms with Gasteiger partial charge in [-0.05, 0) is 39.5 Å². The number of hydrogen-bond acceptors (Lipinski definition) is 2. The van der Waals surface area contributed by atoms with E-state index in [1.807, 2.05) is 6.92 Å². The number of rotatable bonds is 7. The third-order valence-electron chi connectivity index (χ3n) is 2.95. The van der Waals surface area contributed by atoms with Gasteiger partial charge in [0.1, 0.15) is 5.60 Å². The second kappa shape index (κ2) is 7.48. The van der Waals surface area contributed by atoms with Crippen LogP contribution in [0.25, 0.3) is 0 Å². The molecular weight excluding hydrogens is 200 g/mol. The van der Waals surface area contributed by atoms with Crippen LogP contribution in [0.1, 0.15) is 66.7 Å². The minimum atomic E-state index is -0.297. The first kappa shape index (κ1) is 15.2. The predicted molar refractivity (Wildman–Crippen MR) is 68.4 cm³/mol. The van der Waals surface area contributed by atoms with E-state index in [1.165, 1.54) is 18.9 Å². The number of allylic oxidation sites excluding steroid dienone is 2. The normalized spacial score (nSPS) is 15.7. The van der Waals surface area contributed by atoms with Gasteiger partial charge in [0.2, 0.25) is 0 Å². The van der Waals surface area contributed by atoms with Crippen molar-refractivity contribution in [2.45, 2.75) is 72.3 Å². The third-order valence-corrected chi connectivity index (χ3v) is 2.95. The lowest BCUT2D eigenvalue weighted by atomic mass is 9.95. The maximum Gasteiger partial charge on any atom is 0.303 e. The Morgan fingerprint density at radius 1 is 1.31 bits per heavy atom. The highest BCUT2D eigenvalue weighted by Gasteiger charge is 2.24. The van der Waals surface area contributed by atoms with Gasteiger partial charge in [-0.1, -0.05) is 31.9 Å². The lowest BCUT2D eigenvalue weighted by molar-refractivity contribution is -0.156. The molecule has 0 amide bonds. The van der Waals surface area contributed by atoms with E-state index in [9.17, 15) is 4.79 Å². The second-order valence-electron chi connectivity index (χ2n) is 4.74. The van der Waals surface area contributed by atoms with E-state index in [2.05, 4.69) is 26.8 Å². The number of hydrogen-bond donors (Lipinski definition) is 0. The predicted octanol–water partition coefficient (Wildman–Crippen LogP) is 4.24. The summed E-state index contributed by atoms with van der Waals surface area (Å²) in [5, 5.41) is 0. The summed E-state index contributed by atoms with van der Waals surface area (Å²) in [4.78, 5) is 11.0. The molecule has 0 rings (SSSR count). The molecule has 0 spiro atoms. The monoisotopic (exact) mass is 226 g/mol. The second-order valence-corrected chi connectivity index (χ2v) is 4.74. The fourth-order valence-corrected chi connectivity index (χ4v) is 1.77. The Morgan fingerprint density at radius 3 is 2.38 bits per heavy atom. The van der Waals surface area contributed by atoms with Crippen molar-refractivity contribution in [3.8, 4) is 0 Å². The van der Waals surface area contributed by atoms with E-state index >= 15 is 0 Å². The first-order valence-corrected chi connectivity index (χ1v) is 6.28. The van der Waals surface area contributed by atoms with Gasteiger partial charge >= 0.3 is 5.97 Å². The highest BCUT2D eigenvalue weighted by atomic mass is 16.6. The fraction of sp³-hybridized carbons (Fsp3) is 0.786. The molecule has 0 aromatic carbocycles. The number of esters is 1. The van der Waals surface area contributed by atoms with Crippen LogP contribution in [0, 0.1) is 0 Å². The van der Waals surface area contributed by atoms with Gasteiger partial charge in [0.05, 0.1) is 0 Å². The van der Waals surface area contributed by atoms with Gasteiger partial charge in [-0.2, -0.15) is 0 Å². The zero-order chi connectivity index (χ0) is 12.6. The van der Waals surface area contributed by atoms with Gasteiger partial charge < -0.3 is 4.74 Å². The largest absolute Gasteiger partial charge is 0.460 e. The smallest absolute Gasteiger partial charge is 0.303 e. The Morgan fingerprint density at radius 2 is 1.94 bits per heavy atom. The van der Waals surface area contributed by atoms with Gasteiger partial charge in [-0.25, -0.2) is 0 Å². The van der Waals surface area contributed by atoms with Crippen LogP contribution in [0.15, 0.2) is 11.6 Å². The van der Waals surface area contributed by atoms with Crippen molar-refractivity contribution >= 4 is 5.97 Å². The third kappa shape index (κ3) is 6.65. The SMILES string of the molecule is CCC/C(C)=C/CCC(C)(CC)OC(C)=O. The van der Waals surface area contributed by atoms with Gasteiger partial charge in [-0.15, -0.1) is 0 Å². The van der Waals surface area contributed by atoms with E-state index in [0.29, 0.717) is 0 Å². The quantitative estimate of drug-likeness (QED) is 0.479. The standard InChI is InChI=1S/C14H26O2/c1-6-9-12(3)10-8-11-14(5,7-2)16-13(4)15/h10H,6-9,11H2,1-5H3/b12-10+. The minimum Gasteiger partial charge on any atom is -0.460 e. The van der Waals surface area contributed by atoms with Crippen LogP contribution < -0.4 is 0 Å². The Kier molecular flexibility index (Phi) is 7.11. The average molecular weight is 226 g/mol. The van der Waals surface area contributed by atoms with Crippen LogP contribution in [0.2, 0.25) is 0 Å². The number of carbonyl (C=O) groups excluding carboxylic acids is 1. The minimum absolute atomic E-state index is 0.182. The molecule has 0 saturated carbocycles. The molecule has 1 atom stereocenters. The molecule has 0 fully saturated rings. The molecule has 1 unspecified atom stereocenters. The van der Waals surface area contributed by atoms with Crippen molar-refractivity contribution in [2.24, 2.45) is 0 Å². The molecular formula is C14H26O2. The molecule has 0 aliphatic heterocycles. The van der Waals surface area contributed by atoms with Crippen LogP contribution in [0.3, 0.4) is 0 Å². The fourth-order valence-electron chi connectivity index (χ4n) is 1.77. The molecule has 2 nitrogen and oxygen atoms in total. The molecule has 0 saturated heterocycles. The van der Waals surface area contributed by atoms with Gasteiger partial charge in [0.25, 0.3) is 0 Å². The maximum atomic E-state index is 11.0. The molecule has 0 radical (unpaired) electrons. The van der Waals surface area contributed by atoms with Crippen LogP contribution in [0.4, 0.5) is 0 Å². The van der Waals surface area contributed by atoms with Crippen molar-refractivity contribution in [2.75, 3.05) is 0 Å². The van der Waals surface area contributed by atoms with E-state index in [0.717, 1.165) is 25.7 Å². The van der Waals surface area contributed by atoms with Crippen LogP contribution in [-0.2, 0) is 9.53 Å². The van der Waals surface area contributed by atoms with Gasteiger partial charge in [0, 0.05) is 6.92 Å². The molecule has 0 aliphatic carbocycles. The lowest BCUT2D eigenvalue weighted by Gasteiger charge is -2.27. The Balaban J connectivity index is 4.13. The van der Waals surface area contributed by atoms with Crippen LogP contribution in [0.5, 0.6) is 0 Å². The zero-order valence-corrected chi connectivity index (χ0v) is 11.4. The van der Waals surface area contributed by atoms with Crippen molar-refractivity contribution in [3.63, 3.8) is 0 Å². The molecule has 94 valence electrons. The van der Waals surface area contributed by atoms with Crippen molar-refractivity contribution in [3.05, 3.63) is 11.6 Å². The molecule has 0 N–H and O–H groups in total. The van der Waals surface area contributed by atoms with E-state index in [4.69, 9.17) is 4.74 Å². The van der Waals surface area contributed by atoms with Crippen molar-refractivity contribution in [1.82, 2.24) is 0 Å². The highest BCUT2D eigenvalue weighted by Crippen LogP contribution is 2.23. The van der Waals surface area contributed by atoms with E-state index in [-0.39, 0.29) is 11.6 Å². The topological polar surface area (TPSA) is 26.3 Å². The van der Waals surface area contributed by atoms with Crippen molar-refractivity contribution in [1.29, 1.82) is 0 Å². The van der Waals surface area contributed by atoms with E-state index in [1.54, 1.807) is 0 Å². The molecule has 0 aliphatic rings. The van der Waals surface area contributed by atoms with E-state index < -0.39 is 0 Å². The van der Waals surface area contributed by atoms with Gasteiger partial charge in [-0.3, -0.25) is 4.79 Å². The molecule has 0 aromatic rings. The molecule has 0 aromatic heterocycles. The summed E-state index contributed by atoms with van der Waals surface area (Å²) in [5.41, 5.74) is 1.14. The summed E-state index contributed by atoms with van der Waals surface area (Å²) in [7, 11) is 0. The van der Waals surface area contributed by atoms with Crippen LogP contribution >= 0.6 is 0 Å². The average Bonchev–Trinajstić information content (AvgIpc) is 2.17. The molecule has 16 heavy (non-hydrogen) atoms. The maximum absolute atomic E-state index is 11.0. The Bertz CT molecular complexity index is 243. The summed E-state index contributed by atoms with van der Waals surface area (Å²) in [6.45, 7) is 9.90. The summed E-state index contributed by atoms with van der Waals surface area (Å²) < 4.78 is 5.36. The first-order chi connectivity index (χ1) is 7.43. The number of ether oxygens (including phenoxy) is 1. The highest BCUT2D eigenvalue weighted by molar-refractivity contribution is 5.66. The zero-order valence-electron chi connectivity index (χ0n) is 11.4. The Hall–Kier alpha value is -0.790. The summed E-state index contributed by atoms with van der Waals surface area (Å²) >= 11 is 0. The Labute approximate surface area is 100 Å². The summed E-state index contributed by atoms with van der Waals surface area (Å²) in [6.07, 6.45) is 7.38. The molecule has 2 heteroatoms. The summed E-state index contributed by atoms with van der Waals surface area (Å²) in [6, 6.07) is 0. The summed E-state index contributed by atoms with van der Waals surface area (Å²) in [5.74, 6) is -0.182. The van der Waals surface area contributed by atoms with Crippen LogP contribution in [-0.4, -0.2) is 11.6 Å².